The molecule has 0 aliphatic carbocycles. The molecule has 0 bridgehead atoms. The maximum Gasteiger partial charge on any atom is 0.306 e. The fourth-order valence-corrected chi connectivity index (χ4v) is 4.20. The van der Waals surface area contributed by atoms with E-state index < -0.39 is 18.2 Å². The average molecular weight is 615 g/mol. The van der Waals surface area contributed by atoms with E-state index in [1.807, 2.05) is 30.4 Å². The maximum atomic E-state index is 12.1. The number of esters is 2. The van der Waals surface area contributed by atoms with E-state index >= 15 is 0 Å². The molecule has 0 amide bonds. The van der Waals surface area contributed by atoms with Crippen LogP contribution in [-0.4, -0.2) is 47.6 Å². The van der Waals surface area contributed by atoms with Gasteiger partial charge in [-0.15, -0.1) is 0 Å². The second-order valence-corrected chi connectivity index (χ2v) is 11.5. The van der Waals surface area contributed by atoms with Crippen LogP contribution in [0.15, 0.2) is 72.9 Å². The van der Waals surface area contributed by atoms with E-state index in [0.29, 0.717) is 19.3 Å². The summed E-state index contributed by atoms with van der Waals surface area (Å²) in [6, 6.07) is 0. The molecule has 6 nitrogen and oxygen atoms in total. The summed E-state index contributed by atoms with van der Waals surface area (Å²) in [5, 5.41) is 19.5. The average Bonchev–Trinajstić information content (AvgIpc) is 3.00. The molecule has 0 heterocycles. The molecule has 0 spiro atoms. The van der Waals surface area contributed by atoms with Crippen molar-refractivity contribution in [1.29, 1.82) is 0 Å². The molecule has 0 aromatic carbocycles. The Labute approximate surface area is 268 Å². The lowest BCUT2D eigenvalue weighted by molar-refractivity contribution is -0.161. The largest absolute Gasteiger partial charge is 0.462 e. The van der Waals surface area contributed by atoms with Crippen LogP contribution in [0.3, 0.4) is 0 Å². The maximum absolute atomic E-state index is 12.1. The molecule has 0 aromatic heterocycles. The highest BCUT2D eigenvalue weighted by Crippen LogP contribution is 2.13. The molecule has 0 aliphatic heterocycles. The summed E-state index contributed by atoms with van der Waals surface area (Å²) in [6.45, 7) is 6.11. The number of carbonyl (C=O) groups is 2. The lowest BCUT2D eigenvalue weighted by Gasteiger charge is -2.15. The third kappa shape index (κ3) is 30.7. The van der Waals surface area contributed by atoms with Crippen molar-refractivity contribution in [1.82, 2.24) is 0 Å². The van der Waals surface area contributed by atoms with E-state index in [9.17, 15) is 19.8 Å². The first-order valence-electron chi connectivity index (χ1n) is 17.0. The van der Waals surface area contributed by atoms with E-state index in [-0.39, 0.29) is 25.6 Å². The molecule has 44 heavy (non-hydrogen) atoms. The van der Waals surface area contributed by atoms with E-state index in [0.717, 1.165) is 50.9 Å². The van der Waals surface area contributed by atoms with Gasteiger partial charge in [-0.2, -0.15) is 0 Å². The van der Waals surface area contributed by atoms with Crippen LogP contribution < -0.4 is 0 Å². The standard InChI is InChI=1S/C38H62O6/c1-4-5-6-7-8-9-10-11-12-13-16-19-23-28-35(40)29-24-21-26-30-37(41)43-33-36(32-39)44-38(42)31-25-20-17-14-15-18-22-27-34(2)3/h5-6,8-9,11-12,16,19,21,23-24,28,34-36,39-40H,4,7,10,13-15,17-18,20,22,25-27,29-33H2,1-3H3/b6-5-,9-8-,12-11-,19-16-,24-21-,28-23-/t35?,36-/m0/s1. The minimum absolute atomic E-state index is 0.151. The van der Waals surface area contributed by atoms with Gasteiger partial charge in [0, 0.05) is 12.8 Å². The van der Waals surface area contributed by atoms with Crippen molar-refractivity contribution in [3.05, 3.63) is 72.9 Å². The summed E-state index contributed by atoms with van der Waals surface area (Å²) >= 11 is 0. The van der Waals surface area contributed by atoms with Gasteiger partial charge in [-0.3, -0.25) is 9.59 Å². The van der Waals surface area contributed by atoms with Crippen molar-refractivity contribution in [3.8, 4) is 0 Å². The summed E-state index contributed by atoms with van der Waals surface area (Å²) in [7, 11) is 0. The number of allylic oxidation sites excluding steroid dienone is 10. The highest BCUT2D eigenvalue weighted by Gasteiger charge is 2.15. The zero-order valence-electron chi connectivity index (χ0n) is 27.9. The first-order chi connectivity index (χ1) is 21.4. The summed E-state index contributed by atoms with van der Waals surface area (Å²) in [5.74, 6) is -0.0106. The molecule has 2 N–H and O–H groups in total. The molecule has 1 unspecified atom stereocenters. The van der Waals surface area contributed by atoms with Crippen molar-refractivity contribution in [3.63, 3.8) is 0 Å². The van der Waals surface area contributed by atoms with Gasteiger partial charge < -0.3 is 19.7 Å². The fourth-order valence-electron chi connectivity index (χ4n) is 4.20. The van der Waals surface area contributed by atoms with Gasteiger partial charge in [0.1, 0.15) is 6.61 Å². The Kier molecular flexibility index (Phi) is 29.8. The van der Waals surface area contributed by atoms with Crippen LogP contribution >= 0.6 is 0 Å². The Balaban J connectivity index is 3.89. The Hall–Kier alpha value is -2.70. The zero-order valence-corrected chi connectivity index (χ0v) is 27.9. The van der Waals surface area contributed by atoms with Crippen LogP contribution in [0.25, 0.3) is 0 Å². The molecular weight excluding hydrogens is 552 g/mol. The molecule has 0 saturated heterocycles. The van der Waals surface area contributed by atoms with Gasteiger partial charge in [-0.1, -0.05) is 139 Å². The third-order valence-electron chi connectivity index (χ3n) is 6.79. The third-order valence-corrected chi connectivity index (χ3v) is 6.79. The van der Waals surface area contributed by atoms with Gasteiger partial charge >= 0.3 is 11.9 Å². The van der Waals surface area contributed by atoms with Crippen LogP contribution in [0.4, 0.5) is 0 Å². The molecule has 250 valence electrons. The number of unbranched alkanes of at least 4 members (excludes halogenated alkanes) is 6. The molecule has 6 heteroatoms. The molecule has 0 rings (SSSR count). The van der Waals surface area contributed by atoms with E-state index in [1.165, 1.54) is 32.1 Å². The van der Waals surface area contributed by atoms with Crippen molar-refractivity contribution >= 4 is 11.9 Å². The molecule has 0 fully saturated rings. The van der Waals surface area contributed by atoms with Crippen LogP contribution in [-0.2, 0) is 19.1 Å². The first-order valence-corrected chi connectivity index (χ1v) is 17.0. The van der Waals surface area contributed by atoms with E-state index in [2.05, 4.69) is 57.2 Å². The Morgan fingerprint density at radius 3 is 1.95 bits per heavy atom. The predicted molar refractivity (Wildman–Crippen MR) is 183 cm³/mol. The fraction of sp³-hybridized carbons (Fsp3) is 0.632. The van der Waals surface area contributed by atoms with Gasteiger partial charge in [0.2, 0.25) is 0 Å². The minimum Gasteiger partial charge on any atom is -0.462 e. The van der Waals surface area contributed by atoms with Crippen LogP contribution in [0.2, 0.25) is 0 Å². The number of hydrogen-bond acceptors (Lipinski definition) is 6. The second kappa shape index (κ2) is 31.7. The number of ether oxygens (including phenoxy) is 2. The minimum atomic E-state index is -0.838. The molecular formula is C38H62O6. The van der Waals surface area contributed by atoms with Gasteiger partial charge in [0.15, 0.2) is 6.10 Å². The highest BCUT2D eigenvalue weighted by molar-refractivity contribution is 5.70. The lowest BCUT2D eigenvalue weighted by atomic mass is 10.0. The van der Waals surface area contributed by atoms with Gasteiger partial charge in [-0.05, 0) is 50.9 Å². The van der Waals surface area contributed by atoms with Crippen molar-refractivity contribution < 1.29 is 29.3 Å². The number of carbonyl (C=O) groups excluding carboxylic acids is 2. The van der Waals surface area contributed by atoms with Crippen LogP contribution in [0, 0.1) is 5.92 Å². The van der Waals surface area contributed by atoms with Crippen molar-refractivity contribution in [2.24, 2.45) is 5.92 Å². The smallest absolute Gasteiger partial charge is 0.306 e. The quantitative estimate of drug-likeness (QED) is 0.0395. The highest BCUT2D eigenvalue weighted by atomic mass is 16.6. The second-order valence-electron chi connectivity index (χ2n) is 11.5. The Bertz CT molecular complexity index is 865. The number of hydrogen-bond donors (Lipinski definition) is 2. The first kappa shape index (κ1) is 41.3. The Morgan fingerprint density at radius 1 is 0.705 bits per heavy atom. The topological polar surface area (TPSA) is 93.1 Å². The molecule has 0 aromatic rings. The van der Waals surface area contributed by atoms with Gasteiger partial charge in [0.05, 0.1) is 12.7 Å². The molecule has 0 aliphatic rings. The monoisotopic (exact) mass is 614 g/mol. The van der Waals surface area contributed by atoms with Gasteiger partial charge in [-0.25, -0.2) is 0 Å². The predicted octanol–water partition coefficient (Wildman–Crippen LogP) is 9.05. The summed E-state index contributed by atoms with van der Waals surface area (Å²) in [4.78, 5) is 24.1. The summed E-state index contributed by atoms with van der Waals surface area (Å²) in [5.41, 5.74) is 0. The van der Waals surface area contributed by atoms with Gasteiger partial charge in [0.25, 0.3) is 0 Å². The zero-order chi connectivity index (χ0) is 32.5. The van der Waals surface area contributed by atoms with E-state index in [4.69, 9.17) is 9.47 Å². The number of aliphatic hydroxyl groups excluding tert-OH is 2. The number of aliphatic hydroxyl groups is 2. The van der Waals surface area contributed by atoms with Crippen molar-refractivity contribution in [2.75, 3.05) is 13.2 Å². The normalized spacial score (nSPS) is 14.0. The summed E-state index contributed by atoms with van der Waals surface area (Å²) in [6.07, 6.45) is 37.2. The SMILES string of the molecule is CC/C=C\C/C=C\C/C=C\C/C=C\C=C/C(O)C/C=C\CCC(=O)OC[C@H](CO)OC(=O)CCCCCCCCCC(C)C. The summed E-state index contributed by atoms with van der Waals surface area (Å²) < 4.78 is 10.4. The van der Waals surface area contributed by atoms with E-state index in [1.54, 1.807) is 6.08 Å². The van der Waals surface area contributed by atoms with Crippen LogP contribution in [0.5, 0.6) is 0 Å². The lowest BCUT2D eigenvalue weighted by Crippen LogP contribution is -2.28. The molecule has 0 radical (unpaired) electrons. The van der Waals surface area contributed by atoms with Crippen LogP contribution in [0.1, 0.15) is 124 Å². The Morgan fingerprint density at radius 2 is 1.32 bits per heavy atom. The number of rotatable bonds is 28. The molecule has 0 saturated carbocycles. The van der Waals surface area contributed by atoms with Crippen molar-refractivity contribution in [2.45, 2.75) is 136 Å². The molecule has 2 atom stereocenters.